The predicted molar refractivity (Wildman–Crippen MR) is 105 cm³/mol. The van der Waals surface area contributed by atoms with Gasteiger partial charge in [0.05, 0.1) is 11.7 Å². The van der Waals surface area contributed by atoms with E-state index in [9.17, 15) is 9.59 Å². The van der Waals surface area contributed by atoms with Crippen molar-refractivity contribution in [1.29, 1.82) is 0 Å². The molecule has 0 radical (unpaired) electrons. The maximum atomic E-state index is 12.0. The van der Waals surface area contributed by atoms with Gasteiger partial charge in [-0.15, -0.1) is 0 Å². The molecule has 0 aliphatic carbocycles. The third-order valence-corrected chi connectivity index (χ3v) is 4.27. The lowest BCUT2D eigenvalue weighted by molar-refractivity contribution is 0.0507. The van der Waals surface area contributed by atoms with Crippen molar-refractivity contribution in [2.45, 2.75) is 38.9 Å². The molecule has 1 saturated heterocycles. The van der Waals surface area contributed by atoms with E-state index in [1.54, 1.807) is 23.1 Å². The standard InChI is InChI=1S/C19H24N6O4/c1-12(2)28-19(27)25-7-5-14(6-8-25)29-17-9-16(22-11-23-17)24-15-4-3-13(10-21-15)18(20)26/h3-4,9-12,14H,5-8H2,1-2H3,(H2,20,26)(H,21,22,23,24). The molecule has 154 valence electrons. The van der Waals surface area contributed by atoms with Crippen LogP contribution in [-0.2, 0) is 4.74 Å². The van der Waals surface area contributed by atoms with Gasteiger partial charge in [0, 0.05) is 38.2 Å². The molecular weight excluding hydrogens is 376 g/mol. The van der Waals surface area contributed by atoms with Crippen LogP contribution in [0.3, 0.4) is 0 Å². The molecular formula is C19H24N6O4. The van der Waals surface area contributed by atoms with E-state index in [0.29, 0.717) is 49.0 Å². The zero-order chi connectivity index (χ0) is 20.8. The van der Waals surface area contributed by atoms with Crippen molar-refractivity contribution in [1.82, 2.24) is 19.9 Å². The van der Waals surface area contributed by atoms with E-state index >= 15 is 0 Å². The van der Waals surface area contributed by atoms with Crippen LogP contribution in [0, 0.1) is 0 Å². The predicted octanol–water partition coefficient (Wildman–Crippen LogP) is 2.10. The van der Waals surface area contributed by atoms with Gasteiger partial charge in [-0.3, -0.25) is 4.79 Å². The Morgan fingerprint density at radius 1 is 1.17 bits per heavy atom. The molecule has 0 bridgehead atoms. The average Bonchev–Trinajstić information content (AvgIpc) is 2.69. The van der Waals surface area contributed by atoms with Crippen LogP contribution in [0.1, 0.15) is 37.0 Å². The van der Waals surface area contributed by atoms with E-state index in [2.05, 4.69) is 20.3 Å². The van der Waals surface area contributed by atoms with Gasteiger partial charge >= 0.3 is 6.09 Å². The van der Waals surface area contributed by atoms with Gasteiger partial charge in [0.15, 0.2) is 0 Å². The second kappa shape index (κ2) is 9.18. The van der Waals surface area contributed by atoms with Gasteiger partial charge in [-0.1, -0.05) is 0 Å². The summed E-state index contributed by atoms with van der Waals surface area (Å²) in [5.74, 6) is 0.911. The van der Waals surface area contributed by atoms with Crippen LogP contribution in [0.25, 0.3) is 0 Å². The van der Waals surface area contributed by atoms with Gasteiger partial charge in [0.25, 0.3) is 0 Å². The molecule has 3 N–H and O–H groups in total. The number of nitrogens with one attached hydrogen (secondary N) is 1. The van der Waals surface area contributed by atoms with E-state index in [4.69, 9.17) is 15.2 Å². The molecule has 1 aliphatic heterocycles. The highest BCUT2D eigenvalue weighted by atomic mass is 16.6. The van der Waals surface area contributed by atoms with Crippen molar-refractivity contribution in [2.75, 3.05) is 18.4 Å². The number of piperidine rings is 1. The number of nitrogens with two attached hydrogens (primary N) is 1. The van der Waals surface area contributed by atoms with Crippen LogP contribution in [0.5, 0.6) is 5.88 Å². The number of anilines is 2. The minimum absolute atomic E-state index is 0.0474. The zero-order valence-electron chi connectivity index (χ0n) is 16.4. The average molecular weight is 400 g/mol. The molecule has 1 aliphatic rings. The third-order valence-electron chi connectivity index (χ3n) is 4.27. The number of rotatable bonds is 6. The van der Waals surface area contributed by atoms with E-state index in [0.717, 1.165) is 0 Å². The van der Waals surface area contributed by atoms with E-state index in [1.807, 2.05) is 13.8 Å². The Balaban J connectivity index is 1.54. The summed E-state index contributed by atoms with van der Waals surface area (Å²) in [6.07, 6.45) is 3.69. The highest BCUT2D eigenvalue weighted by molar-refractivity contribution is 5.92. The van der Waals surface area contributed by atoms with Crippen LogP contribution >= 0.6 is 0 Å². The summed E-state index contributed by atoms with van der Waals surface area (Å²) >= 11 is 0. The SMILES string of the molecule is CC(C)OC(=O)N1CCC(Oc2cc(Nc3ccc(C(N)=O)cn3)ncn2)CC1. The van der Waals surface area contributed by atoms with Gasteiger partial charge in [-0.05, 0) is 26.0 Å². The number of hydrogen-bond acceptors (Lipinski definition) is 8. The molecule has 0 spiro atoms. The summed E-state index contributed by atoms with van der Waals surface area (Å²) in [5.41, 5.74) is 5.53. The number of carbonyl (C=O) groups excluding carboxylic acids is 2. The molecule has 2 amide bonds. The minimum atomic E-state index is -0.537. The van der Waals surface area contributed by atoms with Gasteiger partial charge in [0.2, 0.25) is 11.8 Å². The maximum absolute atomic E-state index is 12.0. The fourth-order valence-corrected chi connectivity index (χ4v) is 2.82. The lowest BCUT2D eigenvalue weighted by Crippen LogP contribution is -2.42. The van der Waals surface area contributed by atoms with Gasteiger partial charge in [0.1, 0.15) is 24.1 Å². The Morgan fingerprint density at radius 3 is 2.55 bits per heavy atom. The van der Waals surface area contributed by atoms with Crippen molar-refractivity contribution in [3.8, 4) is 5.88 Å². The fraction of sp³-hybridized carbons (Fsp3) is 0.421. The highest BCUT2D eigenvalue weighted by Crippen LogP contribution is 2.21. The fourth-order valence-electron chi connectivity index (χ4n) is 2.82. The molecule has 2 aromatic rings. The van der Waals surface area contributed by atoms with Crippen molar-refractivity contribution >= 4 is 23.6 Å². The smallest absolute Gasteiger partial charge is 0.410 e. The number of amides is 2. The Morgan fingerprint density at radius 2 is 1.93 bits per heavy atom. The van der Waals surface area contributed by atoms with E-state index < -0.39 is 5.91 Å². The van der Waals surface area contributed by atoms with Crippen LogP contribution < -0.4 is 15.8 Å². The molecule has 0 unspecified atom stereocenters. The van der Waals surface area contributed by atoms with E-state index in [-0.39, 0.29) is 18.3 Å². The summed E-state index contributed by atoms with van der Waals surface area (Å²) in [7, 11) is 0. The monoisotopic (exact) mass is 400 g/mol. The quantitative estimate of drug-likeness (QED) is 0.753. The van der Waals surface area contributed by atoms with Gasteiger partial charge in [-0.25, -0.2) is 19.7 Å². The highest BCUT2D eigenvalue weighted by Gasteiger charge is 2.25. The van der Waals surface area contributed by atoms with Crippen molar-refractivity contribution in [2.24, 2.45) is 5.73 Å². The summed E-state index contributed by atoms with van der Waals surface area (Å²) in [6.45, 7) is 4.80. The summed E-state index contributed by atoms with van der Waals surface area (Å²) < 4.78 is 11.2. The van der Waals surface area contributed by atoms with Gasteiger partial charge in [-0.2, -0.15) is 0 Å². The molecule has 3 heterocycles. The number of ether oxygens (including phenoxy) is 2. The first-order chi connectivity index (χ1) is 13.9. The summed E-state index contributed by atoms with van der Waals surface area (Å²) in [6, 6.07) is 4.88. The molecule has 0 atom stereocenters. The summed E-state index contributed by atoms with van der Waals surface area (Å²) in [4.78, 5) is 37.2. The normalized spacial score (nSPS) is 14.5. The number of nitrogens with zero attached hydrogens (tertiary/aromatic N) is 4. The lowest BCUT2D eigenvalue weighted by Gasteiger charge is -2.31. The maximum Gasteiger partial charge on any atom is 0.410 e. The Bertz CT molecular complexity index is 850. The van der Waals surface area contributed by atoms with Crippen LogP contribution in [0.4, 0.5) is 16.4 Å². The van der Waals surface area contributed by atoms with Crippen LogP contribution in [0.2, 0.25) is 0 Å². The zero-order valence-corrected chi connectivity index (χ0v) is 16.4. The molecule has 29 heavy (non-hydrogen) atoms. The summed E-state index contributed by atoms with van der Waals surface area (Å²) in [5, 5.41) is 3.02. The third kappa shape index (κ3) is 5.77. The Kier molecular flexibility index (Phi) is 6.43. The first-order valence-electron chi connectivity index (χ1n) is 9.38. The van der Waals surface area contributed by atoms with Crippen molar-refractivity contribution in [3.05, 3.63) is 36.3 Å². The molecule has 0 aromatic carbocycles. The molecule has 10 heteroatoms. The van der Waals surface area contributed by atoms with Gasteiger partial charge < -0.3 is 25.4 Å². The lowest BCUT2D eigenvalue weighted by atomic mass is 10.1. The molecule has 3 rings (SSSR count). The molecule has 1 fully saturated rings. The van der Waals surface area contributed by atoms with Crippen LogP contribution in [0.15, 0.2) is 30.7 Å². The topological polar surface area (TPSA) is 133 Å². The minimum Gasteiger partial charge on any atom is -0.474 e. The number of carbonyl (C=O) groups is 2. The number of pyridine rings is 1. The number of aromatic nitrogens is 3. The molecule has 2 aromatic heterocycles. The number of likely N-dealkylation sites (tertiary alicyclic amines) is 1. The van der Waals surface area contributed by atoms with E-state index in [1.165, 1.54) is 12.5 Å². The largest absolute Gasteiger partial charge is 0.474 e. The second-order valence-electron chi connectivity index (χ2n) is 6.90. The van der Waals surface area contributed by atoms with Crippen molar-refractivity contribution in [3.63, 3.8) is 0 Å². The Hall–Kier alpha value is -3.43. The number of primary amides is 1. The first-order valence-corrected chi connectivity index (χ1v) is 9.38. The molecule has 0 saturated carbocycles. The first kappa shape index (κ1) is 20.3. The number of hydrogen-bond donors (Lipinski definition) is 2. The van der Waals surface area contributed by atoms with Crippen molar-refractivity contribution < 1.29 is 19.1 Å². The molecule has 10 nitrogen and oxygen atoms in total. The second-order valence-corrected chi connectivity index (χ2v) is 6.90. The Labute approximate surface area is 168 Å². The van der Waals surface area contributed by atoms with Crippen LogP contribution in [-0.4, -0.2) is 57.1 Å².